The van der Waals surface area contributed by atoms with Crippen molar-refractivity contribution in [1.82, 2.24) is 0 Å². The van der Waals surface area contributed by atoms with Crippen LogP contribution in [0, 0.1) is 18.8 Å². The van der Waals surface area contributed by atoms with E-state index in [0.29, 0.717) is 0 Å². The van der Waals surface area contributed by atoms with Crippen molar-refractivity contribution in [3.63, 3.8) is 0 Å². The van der Waals surface area contributed by atoms with Crippen LogP contribution in [0.25, 0.3) is 0 Å². The van der Waals surface area contributed by atoms with E-state index in [1.54, 1.807) is 22.7 Å². The molecule has 0 unspecified atom stereocenters. The third-order valence-electron chi connectivity index (χ3n) is 1.57. The lowest BCUT2D eigenvalue weighted by molar-refractivity contribution is 1.64. The standard InChI is InChI=1S/C11H8S2/c1-9-4-5-11(13-9)7-6-10-3-2-8-12-10/h2-5,8H,1H3. The lowest BCUT2D eigenvalue weighted by Gasteiger charge is -1.77. The molecular weight excluding hydrogens is 196 g/mol. The molecule has 0 nitrogen and oxygen atoms in total. The van der Waals surface area contributed by atoms with Gasteiger partial charge in [-0.15, -0.1) is 22.7 Å². The van der Waals surface area contributed by atoms with Gasteiger partial charge in [0.15, 0.2) is 0 Å². The first kappa shape index (κ1) is 8.55. The zero-order chi connectivity index (χ0) is 9.10. The smallest absolute Gasteiger partial charge is 0.0775 e. The highest BCUT2D eigenvalue weighted by Gasteiger charge is 1.90. The predicted molar refractivity (Wildman–Crippen MR) is 59.4 cm³/mol. The van der Waals surface area contributed by atoms with E-state index >= 15 is 0 Å². The van der Waals surface area contributed by atoms with E-state index in [4.69, 9.17) is 0 Å². The molecule has 0 radical (unpaired) electrons. The molecule has 0 aromatic carbocycles. The fourth-order valence-corrected chi connectivity index (χ4v) is 2.27. The van der Waals surface area contributed by atoms with Gasteiger partial charge < -0.3 is 0 Å². The van der Waals surface area contributed by atoms with Crippen LogP contribution in [0.5, 0.6) is 0 Å². The summed E-state index contributed by atoms with van der Waals surface area (Å²) >= 11 is 3.42. The largest absolute Gasteiger partial charge is 0.135 e. The lowest BCUT2D eigenvalue weighted by Crippen LogP contribution is -1.61. The molecule has 0 spiro atoms. The van der Waals surface area contributed by atoms with Crippen molar-refractivity contribution in [2.45, 2.75) is 6.92 Å². The summed E-state index contributed by atoms with van der Waals surface area (Å²) in [6.07, 6.45) is 0. The number of rotatable bonds is 0. The molecule has 0 amide bonds. The van der Waals surface area contributed by atoms with E-state index in [-0.39, 0.29) is 0 Å². The van der Waals surface area contributed by atoms with Gasteiger partial charge in [-0.3, -0.25) is 0 Å². The van der Waals surface area contributed by atoms with Gasteiger partial charge in [0, 0.05) is 4.88 Å². The quantitative estimate of drug-likeness (QED) is 0.576. The van der Waals surface area contributed by atoms with Crippen molar-refractivity contribution in [3.8, 4) is 11.8 Å². The van der Waals surface area contributed by atoms with E-state index in [9.17, 15) is 0 Å². The Kier molecular flexibility index (Phi) is 2.49. The molecule has 2 heterocycles. The Hall–Kier alpha value is -1.04. The molecule has 0 saturated heterocycles. The first-order valence-corrected chi connectivity index (χ1v) is 5.66. The summed E-state index contributed by atoms with van der Waals surface area (Å²) in [6.45, 7) is 2.10. The molecule has 2 heteroatoms. The molecule has 0 aliphatic carbocycles. The maximum absolute atomic E-state index is 3.15. The molecule has 0 aliphatic heterocycles. The van der Waals surface area contributed by atoms with Crippen molar-refractivity contribution < 1.29 is 0 Å². The minimum atomic E-state index is 1.13. The molecule has 0 N–H and O–H groups in total. The third kappa shape index (κ3) is 2.21. The average molecular weight is 204 g/mol. The molecule has 64 valence electrons. The highest BCUT2D eigenvalue weighted by Crippen LogP contribution is 2.14. The second-order valence-corrected chi connectivity index (χ2v) is 4.87. The van der Waals surface area contributed by atoms with Crippen LogP contribution in [0.1, 0.15) is 14.6 Å². The number of hydrogen-bond acceptors (Lipinski definition) is 2. The summed E-state index contributed by atoms with van der Waals surface area (Å²) in [5.74, 6) is 6.28. The van der Waals surface area contributed by atoms with E-state index in [1.165, 1.54) is 4.88 Å². The fraction of sp³-hybridized carbons (Fsp3) is 0.0909. The van der Waals surface area contributed by atoms with Gasteiger partial charge >= 0.3 is 0 Å². The minimum Gasteiger partial charge on any atom is -0.135 e. The summed E-state index contributed by atoms with van der Waals surface area (Å²) in [5.41, 5.74) is 0. The summed E-state index contributed by atoms with van der Waals surface area (Å²) in [4.78, 5) is 3.59. The minimum absolute atomic E-state index is 1.13. The molecule has 13 heavy (non-hydrogen) atoms. The molecule has 2 aromatic heterocycles. The van der Waals surface area contributed by atoms with Crippen LogP contribution in [-0.2, 0) is 0 Å². The second-order valence-electron chi connectivity index (χ2n) is 2.64. The van der Waals surface area contributed by atoms with Gasteiger partial charge in [0.25, 0.3) is 0 Å². The molecule has 0 aliphatic rings. The van der Waals surface area contributed by atoms with Crippen molar-refractivity contribution in [2.75, 3.05) is 0 Å². The zero-order valence-electron chi connectivity index (χ0n) is 7.20. The van der Waals surface area contributed by atoms with Crippen LogP contribution in [0.15, 0.2) is 29.6 Å². The van der Waals surface area contributed by atoms with Gasteiger partial charge in [-0.05, 0) is 42.3 Å². The summed E-state index contributed by atoms with van der Waals surface area (Å²) in [7, 11) is 0. The molecule has 0 bridgehead atoms. The molecule has 0 atom stereocenters. The molecule has 2 rings (SSSR count). The van der Waals surface area contributed by atoms with Gasteiger partial charge in [-0.2, -0.15) is 0 Å². The summed E-state index contributed by atoms with van der Waals surface area (Å²) in [6, 6.07) is 8.23. The van der Waals surface area contributed by atoms with Crippen LogP contribution < -0.4 is 0 Å². The van der Waals surface area contributed by atoms with Crippen LogP contribution in [-0.4, -0.2) is 0 Å². The van der Waals surface area contributed by atoms with E-state index < -0.39 is 0 Å². The van der Waals surface area contributed by atoms with Crippen molar-refractivity contribution >= 4 is 22.7 Å². The predicted octanol–water partition coefficient (Wildman–Crippen LogP) is 3.52. The van der Waals surface area contributed by atoms with Crippen molar-refractivity contribution in [2.24, 2.45) is 0 Å². The van der Waals surface area contributed by atoms with Gasteiger partial charge in [-0.25, -0.2) is 0 Å². The third-order valence-corrected chi connectivity index (χ3v) is 3.27. The Labute approximate surface area is 85.9 Å². The molecular formula is C11H8S2. The number of thiophene rings is 2. The van der Waals surface area contributed by atoms with E-state index in [2.05, 4.69) is 30.9 Å². The van der Waals surface area contributed by atoms with Crippen molar-refractivity contribution in [1.29, 1.82) is 0 Å². The van der Waals surface area contributed by atoms with E-state index in [0.717, 1.165) is 9.75 Å². The Bertz CT molecular complexity index is 438. The SMILES string of the molecule is Cc1ccc(C#Cc2cccs2)s1. The van der Waals surface area contributed by atoms with Gasteiger partial charge in [0.1, 0.15) is 0 Å². The lowest BCUT2D eigenvalue weighted by atomic mass is 10.4. The highest BCUT2D eigenvalue weighted by molar-refractivity contribution is 7.12. The zero-order valence-corrected chi connectivity index (χ0v) is 8.84. The maximum atomic E-state index is 3.15. The Morgan fingerprint density at radius 2 is 1.92 bits per heavy atom. The molecule has 0 saturated carbocycles. The number of aryl methyl sites for hydroxylation is 1. The van der Waals surface area contributed by atoms with Gasteiger partial charge in [-0.1, -0.05) is 6.07 Å². The molecule has 0 fully saturated rings. The van der Waals surface area contributed by atoms with Gasteiger partial charge in [0.2, 0.25) is 0 Å². The van der Waals surface area contributed by atoms with E-state index in [1.807, 2.05) is 17.5 Å². The van der Waals surface area contributed by atoms with Crippen LogP contribution in [0.4, 0.5) is 0 Å². The monoisotopic (exact) mass is 204 g/mol. The number of hydrogen-bond donors (Lipinski definition) is 0. The van der Waals surface area contributed by atoms with Crippen LogP contribution >= 0.6 is 22.7 Å². The van der Waals surface area contributed by atoms with Crippen molar-refractivity contribution in [3.05, 3.63) is 44.3 Å². The fourth-order valence-electron chi connectivity index (χ4n) is 0.975. The maximum Gasteiger partial charge on any atom is 0.0775 e. The Morgan fingerprint density at radius 1 is 1.08 bits per heavy atom. The highest BCUT2D eigenvalue weighted by atomic mass is 32.1. The van der Waals surface area contributed by atoms with Gasteiger partial charge in [0.05, 0.1) is 9.75 Å². The average Bonchev–Trinajstić information content (AvgIpc) is 2.71. The summed E-state index contributed by atoms with van der Waals surface area (Å²) in [5, 5.41) is 2.05. The summed E-state index contributed by atoms with van der Waals surface area (Å²) < 4.78 is 0. The topological polar surface area (TPSA) is 0 Å². The van der Waals surface area contributed by atoms with Crippen LogP contribution in [0.2, 0.25) is 0 Å². The molecule has 2 aromatic rings. The first-order valence-electron chi connectivity index (χ1n) is 3.96. The normalized spacial score (nSPS) is 9.31. The first-order chi connectivity index (χ1) is 6.34. The second kappa shape index (κ2) is 3.78. The Morgan fingerprint density at radius 3 is 2.54 bits per heavy atom. The Balaban J connectivity index is 2.22. The van der Waals surface area contributed by atoms with Crippen LogP contribution in [0.3, 0.4) is 0 Å².